The van der Waals surface area contributed by atoms with Gasteiger partial charge in [-0.25, -0.2) is 0 Å². The summed E-state index contributed by atoms with van der Waals surface area (Å²) in [5.41, 5.74) is 0. The molecule has 0 heterocycles. The number of Topliss-reactive ketones (excluding diaryl/α,β-unsaturated/α-hetero) is 1. The molecule has 0 aliphatic heterocycles. The van der Waals surface area contributed by atoms with Gasteiger partial charge in [-0.1, -0.05) is 31.9 Å². The zero-order chi connectivity index (χ0) is 8.51. The van der Waals surface area contributed by atoms with Crippen LogP contribution >= 0.6 is 31.9 Å². The van der Waals surface area contributed by atoms with E-state index in [1.54, 1.807) is 0 Å². The van der Waals surface area contributed by atoms with Gasteiger partial charge >= 0.3 is 0 Å². The summed E-state index contributed by atoms with van der Waals surface area (Å²) in [5.74, 6) is 2.96. The summed E-state index contributed by atoms with van der Waals surface area (Å²) < 4.78 is -0.329. The van der Waals surface area contributed by atoms with E-state index < -0.39 is 0 Å². The van der Waals surface area contributed by atoms with Gasteiger partial charge in [-0.3, -0.25) is 4.79 Å². The number of fused-ring (bicyclic) bond motifs is 5. The second-order valence-corrected chi connectivity index (χ2v) is 7.94. The van der Waals surface area contributed by atoms with Crippen LogP contribution in [0.4, 0.5) is 0 Å². The molecule has 12 heavy (non-hydrogen) atoms. The van der Waals surface area contributed by atoms with E-state index in [2.05, 4.69) is 31.9 Å². The molecule has 0 aromatic rings. The number of halogens is 2. The van der Waals surface area contributed by atoms with Crippen molar-refractivity contribution in [3.8, 4) is 0 Å². The average Bonchev–Trinajstić information content (AvgIpc) is 2.59. The van der Waals surface area contributed by atoms with Crippen LogP contribution in [0.15, 0.2) is 0 Å². The van der Waals surface area contributed by atoms with Crippen LogP contribution in [0, 0.1) is 23.7 Å². The summed E-state index contributed by atoms with van der Waals surface area (Å²) in [4.78, 5) is 11.7. The number of rotatable bonds is 0. The zero-order valence-corrected chi connectivity index (χ0v) is 9.77. The van der Waals surface area contributed by atoms with Gasteiger partial charge in [0.25, 0.3) is 0 Å². The Morgan fingerprint density at radius 2 is 1.92 bits per heavy atom. The minimum absolute atomic E-state index is 0.329. The molecule has 4 unspecified atom stereocenters. The summed E-state index contributed by atoms with van der Waals surface area (Å²) in [6, 6.07) is 0. The Morgan fingerprint density at radius 3 is 2.58 bits per heavy atom. The van der Waals surface area contributed by atoms with Gasteiger partial charge in [-0.2, -0.15) is 0 Å². The van der Waals surface area contributed by atoms with Crippen LogP contribution in [0.25, 0.3) is 0 Å². The zero-order valence-electron chi connectivity index (χ0n) is 6.59. The Bertz CT molecular complexity index is 261. The van der Waals surface area contributed by atoms with Gasteiger partial charge in [-0.05, 0) is 31.1 Å². The fraction of sp³-hybridized carbons (Fsp3) is 0.889. The summed E-state index contributed by atoms with van der Waals surface area (Å²) >= 11 is 7.01. The fourth-order valence-electron chi connectivity index (χ4n) is 3.48. The van der Waals surface area contributed by atoms with Crippen LogP contribution in [0.5, 0.6) is 0 Å². The lowest BCUT2D eigenvalue weighted by atomic mass is 9.64. The van der Waals surface area contributed by atoms with Crippen molar-refractivity contribution in [2.75, 3.05) is 0 Å². The van der Waals surface area contributed by atoms with Crippen LogP contribution in [0.1, 0.15) is 19.3 Å². The molecule has 0 aromatic carbocycles. The normalized spacial score (nSPS) is 53.7. The summed E-state index contributed by atoms with van der Waals surface area (Å²) in [7, 11) is 0. The number of carbonyl (C=O) groups is 1. The molecule has 0 spiro atoms. The molecule has 3 heteroatoms. The predicted molar refractivity (Wildman–Crippen MR) is 53.4 cm³/mol. The first-order chi connectivity index (χ1) is 5.62. The predicted octanol–water partition coefficient (Wildman–Crippen LogP) is 2.72. The first-order valence-corrected chi connectivity index (χ1v) is 6.13. The molecule has 0 aromatic heterocycles. The first kappa shape index (κ1) is 7.98. The summed E-state index contributed by atoms with van der Waals surface area (Å²) in [5, 5.41) is 0. The van der Waals surface area contributed by atoms with Crippen molar-refractivity contribution in [1.29, 1.82) is 0 Å². The van der Waals surface area contributed by atoms with Crippen molar-refractivity contribution in [3.05, 3.63) is 0 Å². The van der Waals surface area contributed by atoms with Crippen LogP contribution in [0.2, 0.25) is 0 Å². The molecule has 4 atom stereocenters. The van der Waals surface area contributed by atoms with Crippen molar-refractivity contribution in [3.63, 3.8) is 0 Å². The lowest BCUT2D eigenvalue weighted by Gasteiger charge is -2.48. The maximum absolute atomic E-state index is 11.7. The summed E-state index contributed by atoms with van der Waals surface area (Å²) in [6.45, 7) is 0. The smallest absolute Gasteiger partial charge is 0.164 e. The Labute approximate surface area is 88.5 Å². The standard InChI is InChI=1S/C9H10Br2O/c10-9(11)7-5-2-1-4(3-5)6(7)8(9)12/h4-7H,1-3H2. The fourth-order valence-corrected chi connectivity index (χ4v) is 5.33. The second kappa shape index (κ2) is 2.17. The number of ketones is 1. The van der Waals surface area contributed by atoms with Gasteiger partial charge in [0.05, 0.1) is 0 Å². The monoisotopic (exact) mass is 292 g/mol. The van der Waals surface area contributed by atoms with Crippen LogP contribution in [-0.4, -0.2) is 9.02 Å². The molecule has 3 rings (SSSR count). The molecule has 0 radical (unpaired) electrons. The van der Waals surface area contributed by atoms with Gasteiger partial charge < -0.3 is 0 Å². The van der Waals surface area contributed by atoms with E-state index in [1.807, 2.05) is 0 Å². The van der Waals surface area contributed by atoms with E-state index in [0.717, 1.165) is 11.8 Å². The molecular weight excluding hydrogens is 284 g/mol. The Morgan fingerprint density at radius 1 is 1.25 bits per heavy atom. The van der Waals surface area contributed by atoms with Gasteiger partial charge in [-0.15, -0.1) is 0 Å². The van der Waals surface area contributed by atoms with Crippen molar-refractivity contribution >= 4 is 37.6 Å². The highest BCUT2D eigenvalue weighted by Crippen LogP contribution is 2.67. The van der Waals surface area contributed by atoms with E-state index in [1.165, 1.54) is 19.3 Å². The van der Waals surface area contributed by atoms with Crippen LogP contribution < -0.4 is 0 Å². The van der Waals surface area contributed by atoms with Gasteiger partial charge in [0.15, 0.2) is 5.78 Å². The average molecular weight is 294 g/mol. The second-order valence-electron chi connectivity index (χ2n) is 4.37. The van der Waals surface area contributed by atoms with E-state index in [9.17, 15) is 4.79 Å². The molecule has 3 fully saturated rings. The summed E-state index contributed by atoms with van der Waals surface area (Å²) in [6.07, 6.45) is 3.95. The molecule has 3 saturated carbocycles. The minimum atomic E-state index is -0.329. The third-order valence-electron chi connectivity index (χ3n) is 3.97. The largest absolute Gasteiger partial charge is 0.297 e. The molecular formula is C9H10Br2O. The SMILES string of the molecule is O=C1C2C3CCC(C3)C2C1(Br)Br. The van der Waals surface area contributed by atoms with Crippen LogP contribution in [0.3, 0.4) is 0 Å². The Kier molecular flexibility index (Phi) is 1.44. The number of alkyl halides is 2. The quantitative estimate of drug-likeness (QED) is 0.628. The number of hydrogen-bond acceptors (Lipinski definition) is 1. The molecule has 2 bridgehead atoms. The van der Waals surface area contributed by atoms with Crippen molar-refractivity contribution in [2.24, 2.45) is 23.7 Å². The highest BCUT2D eigenvalue weighted by molar-refractivity contribution is 9.26. The highest BCUT2D eigenvalue weighted by Gasteiger charge is 2.69. The van der Waals surface area contributed by atoms with E-state index in [0.29, 0.717) is 17.6 Å². The molecule has 3 aliphatic rings. The van der Waals surface area contributed by atoms with Crippen molar-refractivity contribution in [1.82, 2.24) is 0 Å². The van der Waals surface area contributed by atoms with Crippen molar-refractivity contribution < 1.29 is 4.79 Å². The third kappa shape index (κ3) is 0.696. The maximum Gasteiger partial charge on any atom is 0.164 e. The van der Waals surface area contributed by atoms with Crippen molar-refractivity contribution in [2.45, 2.75) is 22.5 Å². The van der Waals surface area contributed by atoms with E-state index in [4.69, 9.17) is 0 Å². The van der Waals surface area contributed by atoms with Crippen LogP contribution in [-0.2, 0) is 4.79 Å². The molecule has 0 amide bonds. The molecule has 66 valence electrons. The highest BCUT2D eigenvalue weighted by atomic mass is 79.9. The Balaban J connectivity index is 1.99. The topological polar surface area (TPSA) is 17.1 Å². The number of carbonyl (C=O) groups excluding carboxylic acids is 1. The minimum Gasteiger partial charge on any atom is -0.297 e. The van der Waals surface area contributed by atoms with Gasteiger partial charge in [0.2, 0.25) is 0 Å². The molecule has 1 nitrogen and oxygen atoms in total. The maximum atomic E-state index is 11.7. The molecule has 3 aliphatic carbocycles. The molecule has 0 N–H and O–H groups in total. The first-order valence-electron chi connectivity index (χ1n) is 4.54. The van der Waals surface area contributed by atoms with Gasteiger partial charge in [0.1, 0.15) is 3.23 Å². The van der Waals surface area contributed by atoms with E-state index in [-0.39, 0.29) is 3.23 Å². The Hall–Kier alpha value is 0.630. The lowest BCUT2D eigenvalue weighted by molar-refractivity contribution is -0.136. The molecule has 0 saturated heterocycles. The number of hydrogen-bond donors (Lipinski definition) is 0. The third-order valence-corrected chi connectivity index (χ3v) is 5.81. The van der Waals surface area contributed by atoms with E-state index >= 15 is 0 Å². The lowest BCUT2D eigenvalue weighted by Crippen LogP contribution is -2.57. The van der Waals surface area contributed by atoms with Gasteiger partial charge in [0, 0.05) is 11.8 Å².